The second-order valence-corrected chi connectivity index (χ2v) is 7.25. The Morgan fingerprint density at radius 1 is 1.44 bits per heavy atom. The van der Waals surface area contributed by atoms with Crippen molar-refractivity contribution in [1.82, 2.24) is 4.90 Å². The van der Waals surface area contributed by atoms with Crippen LogP contribution < -0.4 is 0 Å². The summed E-state index contributed by atoms with van der Waals surface area (Å²) in [6.07, 6.45) is 7.72. The Morgan fingerprint density at radius 2 is 2.28 bits per heavy atom. The fraction of sp³-hybridized carbons (Fsp3) is 0.875. The Labute approximate surface area is 111 Å². The number of aliphatic hydroxyl groups excluding tert-OH is 1. The van der Waals surface area contributed by atoms with Crippen LogP contribution in [-0.4, -0.2) is 36.2 Å². The normalized spacial score (nSPS) is 39.1. The van der Waals surface area contributed by atoms with Crippen molar-refractivity contribution in [2.24, 2.45) is 23.2 Å². The first-order chi connectivity index (χ1) is 8.61. The minimum absolute atomic E-state index is 0.368. The van der Waals surface area contributed by atoms with E-state index in [1.165, 1.54) is 32.2 Å². The molecule has 1 aliphatic heterocycles. The van der Waals surface area contributed by atoms with Crippen LogP contribution in [0.2, 0.25) is 0 Å². The molecule has 0 amide bonds. The Bertz CT molecular complexity index is 347. The SMILES string of the molecule is CC1(C)[C@H]2CC=C(CN3CCCC(CO)C3)[C@@H]1C2. The molecule has 1 unspecified atom stereocenters. The first-order valence-electron chi connectivity index (χ1n) is 7.63. The summed E-state index contributed by atoms with van der Waals surface area (Å²) >= 11 is 0. The molecule has 4 aliphatic rings. The highest BCUT2D eigenvalue weighted by atomic mass is 16.3. The molecule has 102 valence electrons. The predicted molar refractivity (Wildman–Crippen MR) is 74.3 cm³/mol. The number of rotatable bonds is 3. The van der Waals surface area contributed by atoms with Crippen LogP contribution in [0.1, 0.15) is 39.5 Å². The van der Waals surface area contributed by atoms with Crippen LogP contribution in [0.5, 0.6) is 0 Å². The number of fused-ring (bicyclic) bond motifs is 1. The lowest BCUT2D eigenvalue weighted by atomic mass is 9.49. The van der Waals surface area contributed by atoms with Crippen LogP contribution in [0.3, 0.4) is 0 Å². The van der Waals surface area contributed by atoms with E-state index < -0.39 is 0 Å². The monoisotopic (exact) mass is 249 g/mol. The fourth-order valence-corrected chi connectivity index (χ4v) is 4.36. The van der Waals surface area contributed by atoms with Crippen LogP contribution in [0.4, 0.5) is 0 Å². The van der Waals surface area contributed by atoms with Gasteiger partial charge in [0.1, 0.15) is 0 Å². The van der Waals surface area contributed by atoms with Gasteiger partial charge in [-0.25, -0.2) is 0 Å². The van der Waals surface area contributed by atoms with Gasteiger partial charge in [-0.1, -0.05) is 25.5 Å². The molecule has 1 saturated heterocycles. The van der Waals surface area contributed by atoms with Gasteiger partial charge in [-0.2, -0.15) is 0 Å². The van der Waals surface area contributed by atoms with E-state index >= 15 is 0 Å². The van der Waals surface area contributed by atoms with Crippen molar-refractivity contribution in [1.29, 1.82) is 0 Å². The maximum atomic E-state index is 9.32. The van der Waals surface area contributed by atoms with Crippen LogP contribution in [0, 0.1) is 23.2 Å². The summed E-state index contributed by atoms with van der Waals surface area (Å²) in [6, 6.07) is 0. The van der Waals surface area contributed by atoms with E-state index in [2.05, 4.69) is 24.8 Å². The van der Waals surface area contributed by atoms with Gasteiger partial charge in [0.15, 0.2) is 0 Å². The number of aliphatic hydroxyl groups is 1. The molecular formula is C16H27NO. The van der Waals surface area contributed by atoms with Gasteiger partial charge in [0.25, 0.3) is 0 Å². The lowest BCUT2D eigenvalue weighted by Gasteiger charge is -2.57. The summed E-state index contributed by atoms with van der Waals surface area (Å²) in [5, 5.41) is 9.32. The molecule has 0 aromatic rings. The zero-order valence-electron chi connectivity index (χ0n) is 11.9. The molecule has 3 atom stereocenters. The van der Waals surface area contributed by atoms with Gasteiger partial charge in [0.05, 0.1) is 0 Å². The van der Waals surface area contributed by atoms with Crippen molar-refractivity contribution in [3.63, 3.8) is 0 Å². The molecule has 0 aromatic carbocycles. The zero-order chi connectivity index (χ0) is 12.8. The second kappa shape index (κ2) is 4.64. The maximum Gasteiger partial charge on any atom is 0.0471 e. The Balaban J connectivity index is 1.61. The summed E-state index contributed by atoms with van der Waals surface area (Å²) in [5.41, 5.74) is 2.25. The van der Waals surface area contributed by atoms with Gasteiger partial charge in [-0.3, -0.25) is 4.90 Å². The highest BCUT2D eigenvalue weighted by molar-refractivity contribution is 5.24. The van der Waals surface area contributed by atoms with E-state index in [-0.39, 0.29) is 0 Å². The first-order valence-corrected chi connectivity index (χ1v) is 7.63. The van der Waals surface area contributed by atoms with Crippen molar-refractivity contribution >= 4 is 0 Å². The predicted octanol–water partition coefficient (Wildman–Crippen LogP) is 2.68. The largest absolute Gasteiger partial charge is 0.396 e. The maximum absolute atomic E-state index is 9.32. The summed E-state index contributed by atoms with van der Waals surface area (Å²) in [7, 11) is 0. The fourth-order valence-electron chi connectivity index (χ4n) is 4.36. The van der Waals surface area contributed by atoms with Gasteiger partial charge < -0.3 is 5.11 Å². The standard InChI is InChI=1S/C16H27NO/c1-16(2)14-6-5-13(15(16)8-14)10-17-7-3-4-12(9-17)11-18/h5,12,14-15,18H,3-4,6-11H2,1-2H3/t12?,14-,15-/m0/s1. The molecule has 0 spiro atoms. The van der Waals surface area contributed by atoms with E-state index in [0.29, 0.717) is 17.9 Å². The zero-order valence-corrected chi connectivity index (χ0v) is 11.9. The van der Waals surface area contributed by atoms with E-state index in [9.17, 15) is 5.11 Å². The van der Waals surface area contributed by atoms with Gasteiger partial charge in [-0.15, -0.1) is 0 Å². The first kappa shape index (κ1) is 12.7. The molecule has 0 aromatic heterocycles. The van der Waals surface area contributed by atoms with Crippen molar-refractivity contribution < 1.29 is 5.11 Å². The van der Waals surface area contributed by atoms with E-state index in [1.54, 1.807) is 5.57 Å². The number of likely N-dealkylation sites (tertiary alicyclic amines) is 1. The van der Waals surface area contributed by atoms with Crippen molar-refractivity contribution in [3.05, 3.63) is 11.6 Å². The van der Waals surface area contributed by atoms with E-state index in [1.807, 2.05) is 0 Å². The lowest BCUT2D eigenvalue weighted by molar-refractivity contribution is -0.0123. The van der Waals surface area contributed by atoms with Gasteiger partial charge in [0, 0.05) is 19.7 Å². The molecule has 1 heterocycles. The summed E-state index contributed by atoms with van der Waals surface area (Å²) in [6.45, 7) is 8.76. The van der Waals surface area contributed by atoms with Crippen LogP contribution in [0.25, 0.3) is 0 Å². The average Bonchev–Trinajstić information content (AvgIpc) is 2.39. The smallest absolute Gasteiger partial charge is 0.0471 e. The van der Waals surface area contributed by atoms with Crippen LogP contribution in [0.15, 0.2) is 11.6 Å². The average molecular weight is 249 g/mol. The quantitative estimate of drug-likeness (QED) is 0.777. The third kappa shape index (κ3) is 2.04. The van der Waals surface area contributed by atoms with Crippen molar-refractivity contribution in [2.45, 2.75) is 39.5 Å². The third-order valence-electron chi connectivity index (χ3n) is 5.85. The van der Waals surface area contributed by atoms with Crippen LogP contribution in [-0.2, 0) is 0 Å². The number of nitrogens with zero attached hydrogens (tertiary/aromatic N) is 1. The molecule has 2 fully saturated rings. The van der Waals surface area contributed by atoms with Crippen molar-refractivity contribution in [2.75, 3.05) is 26.2 Å². The molecular weight excluding hydrogens is 222 g/mol. The third-order valence-corrected chi connectivity index (χ3v) is 5.85. The topological polar surface area (TPSA) is 23.5 Å². The second-order valence-electron chi connectivity index (χ2n) is 7.25. The van der Waals surface area contributed by atoms with Gasteiger partial charge >= 0.3 is 0 Å². The van der Waals surface area contributed by atoms with E-state index in [4.69, 9.17) is 0 Å². The minimum Gasteiger partial charge on any atom is -0.396 e. The summed E-state index contributed by atoms with van der Waals surface area (Å²) in [4.78, 5) is 2.57. The lowest BCUT2D eigenvalue weighted by Crippen LogP contribution is -2.50. The highest BCUT2D eigenvalue weighted by Gasteiger charge is 2.51. The summed E-state index contributed by atoms with van der Waals surface area (Å²) < 4.78 is 0. The number of allylic oxidation sites excluding steroid dienone is 1. The summed E-state index contributed by atoms with van der Waals surface area (Å²) in [5.74, 6) is 2.30. The number of piperidine rings is 1. The number of hydrogen-bond donors (Lipinski definition) is 1. The Kier molecular flexibility index (Phi) is 3.27. The molecule has 1 saturated carbocycles. The minimum atomic E-state index is 0.368. The number of hydrogen-bond acceptors (Lipinski definition) is 2. The molecule has 18 heavy (non-hydrogen) atoms. The molecule has 0 radical (unpaired) electrons. The molecule has 1 N–H and O–H groups in total. The van der Waals surface area contributed by atoms with Gasteiger partial charge in [0.2, 0.25) is 0 Å². The molecule has 4 rings (SSSR count). The molecule has 2 bridgehead atoms. The van der Waals surface area contributed by atoms with Crippen LogP contribution >= 0.6 is 0 Å². The van der Waals surface area contributed by atoms with E-state index in [0.717, 1.165) is 24.9 Å². The van der Waals surface area contributed by atoms with Crippen molar-refractivity contribution in [3.8, 4) is 0 Å². The Morgan fingerprint density at radius 3 is 2.94 bits per heavy atom. The molecule has 3 aliphatic carbocycles. The Hall–Kier alpha value is -0.340. The highest BCUT2D eigenvalue weighted by Crippen LogP contribution is 2.59. The molecule has 2 heteroatoms. The molecule has 2 nitrogen and oxygen atoms in total. The van der Waals surface area contributed by atoms with Gasteiger partial charge in [-0.05, 0) is 55.4 Å².